The highest BCUT2D eigenvalue weighted by molar-refractivity contribution is 7.91. The second-order valence-corrected chi connectivity index (χ2v) is 6.38. The van der Waals surface area contributed by atoms with E-state index < -0.39 is 10.0 Å². The van der Waals surface area contributed by atoms with E-state index in [1.807, 2.05) is 0 Å². The third kappa shape index (κ3) is 3.13. The zero-order valence-electron chi connectivity index (χ0n) is 9.58. The molecular weight excluding hydrogens is 276 g/mol. The molecule has 0 aliphatic heterocycles. The summed E-state index contributed by atoms with van der Waals surface area (Å²) in [5, 5.41) is 8.30. The van der Waals surface area contributed by atoms with Gasteiger partial charge in [-0.2, -0.15) is 4.98 Å². The van der Waals surface area contributed by atoms with Crippen molar-refractivity contribution in [2.24, 2.45) is 0 Å². The van der Waals surface area contributed by atoms with Crippen molar-refractivity contribution in [3.8, 4) is 0 Å². The van der Waals surface area contributed by atoms with E-state index in [0.29, 0.717) is 12.4 Å². The average Bonchev–Trinajstić information content (AvgIpc) is 2.98. The van der Waals surface area contributed by atoms with Crippen molar-refractivity contribution in [3.05, 3.63) is 29.2 Å². The van der Waals surface area contributed by atoms with Crippen LogP contribution in [0.3, 0.4) is 0 Å². The Hall–Kier alpha value is -1.29. The number of thiophene rings is 1. The van der Waals surface area contributed by atoms with E-state index in [1.165, 1.54) is 11.3 Å². The number of rotatable bonds is 6. The van der Waals surface area contributed by atoms with Crippen LogP contribution in [0.1, 0.15) is 11.4 Å². The molecule has 98 valence electrons. The first-order valence-corrected chi connectivity index (χ1v) is 7.45. The first kappa shape index (κ1) is 13.1. The molecule has 0 saturated carbocycles. The molecule has 2 rings (SSSR count). The molecule has 0 saturated heterocycles. The van der Waals surface area contributed by atoms with Gasteiger partial charge in [0, 0.05) is 6.54 Å². The first-order chi connectivity index (χ1) is 8.62. The predicted molar refractivity (Wildman–Crippen MR) is 65.4 cm³/mol. The Morgan fingerprint density at radius 1 is 1.44 bits per heavy atom. The quantitative estimate of drug-likeness (QED) is 0.795. The van der Waals surface area contributed by atoms with Crippen molar-refractivity contribution in [1.29, 1.82) is 0 Å². The normalized spacial score (nSPS) is 11.8. The summed E-state index contributed by atoms with van der Waals surface area (Å²) in [5.74, 6) is 0.297. The van der Waals surface area contributed by atoms with Crippen molar-refractivity contribution in [2.75, 3.05) is 7.05 Å². The maximum absolute atomic E-state index is 11.9. The molecule has 0 radical (unpaired) electrons. The SMILES string of the molecule is CNCc1csc(S(=O)(=O)NCc2ncon2)c1. The summed E-state index contributed by atoms with van der Waals surface area (Å²) < 4.78 is 31.1. The third-order valence-corrected chi connectivity index (χ3v) is 4.99. The van der Waals surface area contributed by atoms with Crippen molar-refractivity contribution < 1.29 is 12.9 Å². The number of nitrogens with zero attached hydrogens (tertiary/aromatic N) is 2. The predicted octanol–water partition coefficient (Wildman–Crippen LogP) is 0.329. The molecule has 2 heterocycles. The van der Waals surface area contributed by atoms with Gasteiger partial charge in [-0.25, -0.2) is 13.1 Å². The van der Waals surface area contributed by atoms with E-state index in [2.05, 4.69) is 24.7 Å². The maximum Gasteiger partial charge on any atom is 0.250 e. The smallest absolute Gasteiger partial charge is 0.250 e. The van der Waals surface area contributed by atoms with Crippen molar-refractivity contribution in [2.45, 2.75) is 17.3 Å². The van der Waals surface area contributed by atoms with E-state index in [0.717, 1.165) is 12.0 Å². The van der Waals surface area contributed by atoms with Crippen LogP contribution in [0, 0.1) is 0 Å². The number of hydrogen-bond donors (Lipinski definition) is 2. The summed E-state index contributed by atoms with van der Waals surface area (Å²) in [7, 11) is -1.71. The summed E-state index contributed by atoms with van der Waals surface area (Å²) >= 11 is 1.18. The highest BCUT2D eigenvalue weighted by Gasteiger charge is 2.17. The Balaban J connectivity index is 2.05. The molecular formula is C9H12N4O3S2. The molecule has 18 heavy (non-hydrogen) atoms. The van der Waals surface area contributed by atoms with Crippen LogP contribution in [0.15, 0.2) is 26.6 Å². The molecule has 0 fully saturated rings. The molecule has 2 N–H and O–H groups in total. The summed E-state index contributed by atoms with van der Waals surface area (Å²) in [6.45, 7) is 0.648. The minimum absolute atomic E-state index is 0.0120. The lowest BCUT2D eigenvalue weighted by Crippen LogP contribution is -2.23. The highest BCUT2D eigenvalue weighted by atomic mass is 32.2. The van der Waals surface area contributed by atoms with Crippen molar-refractivity contribution in [3.63, 3.8) is 0 Å². The van der Waals surface area contributed by atoms with Gasteiger partial charge in [-0.3, -0.25) is 0 Å². The molecule has 9 heteroatoms. The lowest BCUT2D eigenvalue weighted by molar-refractivity contribution is 0.409. The Kier molecular flexibility index (Phi) is 4.07. The van der Waals surface area contributed by atoms with Gasteiger partial charge in [-0.15, -0.1) is 11.3 Å². The fourth-order valence-electron chi connectivity index (χ4n) is 1.29. The molecule has 2 aromatic heterocycles. The standard InChI is InChI=1S/C9H12N4O3S2/c1-10-3-7-2-9(17-5-7)18(14,15)12-4-8-11-6-16-13-8/h2,5-6,10,12H,3-4H2,1H3. The van der Waals surface area contributed by atoms with Gasteiger partial charge in [-0.05, 0) is 24.1 Å². The summed E-state index contributed by atoms with van der Waals surface area (Å²) in [6.07, 6.45) is 1.15. The lowest BCUT2D eigenvalue weighted by atomic mass is 10.3. The fourth-order valence-corrected chi connectivity index (χ4v) is 3.53. The third-order valence-electron chi connectivity index (χ3n) is 2.10. The van der Waals surface area contributed by atoms with Crippen LogP contribution in [0.2, 0.25) is 0 Å². The second kappa shape index (κ2) is 5.57. The van der Waals surface area contributed by atoms with E-state index in [1.54, 1.807) is 18.5 Å². The molecule has 0 aliphatic rings. The van der Waals surface area contributed by atoms with E-state index in [9.17, 15) is 8.42 Å². The van der Waals surface area contributed by atoms with Crippen LogP contribution < -0.4 is 10.0 Å². The van der Waals surface area contributed by atoms with E-state index >= 15 is 0 Å². The number of hydrogen-bond acceptors (Lipinski definition) is 7. The van der Waals surface area contributed by atoms with Crippen LogP contribution in [-0.4, -0.2) is 25.6 Å². The average molecular weight is 288 g/mol. The Bertz CT molecular complexity index is 591. The second-order valence-electron chi connectivity index (χ2n) is 3.48. The Morgan fingerprint density at radius 2 is 2.28 bits per heavy atom. The molecule has 0 unspecified atom stereocenters. The highest BCUT2D eigenvalue weighted by Crippen LogP contribution is 2.20. The van der Waals surface area contributed by atoms with Gasteiger partial charge in [0.25, 0.3) is 0 Å². The first-order valence-electron chi connectivity index (χ1n) is 5.09. The zero-order valence-corrected chi connectivity index (χ0v) is 11.2. The van der Waals surface area contributed by atoms with Gasteiger partial charge < -0.3 is 9.84 Å². The number of aromatic nitrogens is 2. The lowest BCUT2D eigenvalue weighted by Gasteiger charge is -2.01. The Labute approximate surface area is 108 Å². The van der Waals surface area contributed by atoms with Crippen LogP contribution in [0.4, 0.5) is 0 Å². The van der Waals surface area contributed by atoms with Crippen LogP contribution >= 0.6 is 11.3 Å². The van der Waals surface area contributed by atoms with Gasteiger partial charge >= 0.3 is 0 Å². The van der Waals surface area contributed by atoms with Gasteiger partial charge in [0.1, 0.15) is 4.21 Å². The fraction of sp³-hybridized carbons (Fsp3) is 0.333. The van der Waals surface area contributed by atoms with Gasteiger partial charge in [0.15, 0.2) is 5.82 Å². The Morgan fingerprint density at radius 3 is 2.94 bits per heavy atom. The largest absolute Gasteiger partial charge is 0.343 e. The minimum Gasteiger partial charge on any atom is -0.343 e. The molecule has 7 nitrogen and oxygen atoms in total. The van der Waals surface area contributed by atoms with Crippen LogP contribution in [0.5, 0.6) is 0 Å². The van der Waals surface area contributed by atoms with Gasteiger partial charge in [0.05, 0.1) is 6.54 Å². The monoisotopic (exact) mass is 288 g/mol. The van der Waals surface area contributed by atoms with Crippen molar-refractivity contribution >= 4 is 21.4 Å². The number of sulfonamides is 1. The molecule has 0 amide bonds. The summed E-state index contributed by atoms with van der Waals surface area (Å²) in [5.41, 5.74) is 0.933. The molecule has 0 spiro atoms. The molecule has 2 aromatic rings. The molecule has 0 aromatic carbocycles. The summed E-state index contributed by atoms with van der Waals surface area (Å²) in [6, 6.07) is 1.64. The van der Waals surface area contributed by atoms with Crippen molar-refractivity contribution in [1.82, 2.24) is 20.2 Å². The molecule has 0 aliphatic carbocycles. The molecule has 0 bridgehead atoms. The van der Waals surface area contributed by atoms with E-state index in [4.69, 9.17) is 0 Å². The van der Waals surface area contributed by atoms with Gasteiger partial charge in [-0.1, -0.05) is 5.16 Å². The topological polar surface area (TPSA) is 97.1 Å². The number of nitrogens with one attached hydrogen (secondary N) is 2. The van der Waals surface area contributed by atoms with Crippen LogP contribution in [-0.2, 0) is 23.1 Å². The molecule has 0 atom stereocenters. The van der Waals surface area contributed by atoms with Crippen LogP contribution in [0.25, 0.3) is 0 Å². The van der Waals surface area contributed by atoms with E-state index in [-0.39, 0.29) is 10.8 Å². The maximum atomic E-state index is 11.9. The zero-order chi connectivity index (χ0) is 13.0. The van der Waals surface area contributed by atoms with Gasteiger partial charge in [0.2, 0.25) is 16.4 Å². The summed E-state index contributed by atoms with van der Waals surface area (Å²) in [4.78, 5) is 3.74. The minimum atomic E-state index is -3.51.